The summed E-state index contributed by atoms with van der Waals surface area (Å²) in [4.78, 5) is 2.34. The number of rotatable bonds is 7. The van der Waals surface area contributed by atoms with Gasteiger partial charge in [-0.3, -0.25) is 0 Å². The molecule has 0 saturated heterocycles. The molecule has 204 valence electrons. The zero-order chi connectivity index (χ0) is 28.5. The van der Waals surface area contributed by atoms with Crippen LogP contribution in [0.25, 0.3) is 38.6 Å². The van der Waals surface area contributed by atoms with Crippen LogP contribution in [0.4, 0.5) is 17.1 Å². The SMILES string of the molecule is CCc1ccc(N(c2ccc(CC)cc2)c2ccc(-c3ccc(-n4c5ccccc5c5ccccc54)cc3)cc2)cc1. The maximum absolute atomic E-state index is 2.36. The van der Waals surface area contributed by atoms with Crippen molar-refractivity contribution in [2.45, 2.75) is 26.7 Å². The van der Waals surface area contributed by atoms with Gasteiger partial charge in [-0.1, -0.05) is 98.8 Å². The molecule has 0 unspecified atom stereocenters. The molecular formula is C40H34N2. The predicted octanol–water partition coefficient (Wildman–Crippen LogP) is 11.0. The fourth-order valence-electron chi connectivity index (χ4n) is 6.02. The summed E-state index contributed by atoms with van der Waals surface area (Å²) in [5.41, 5.74) is 12.2. The van der Waals surface area contributed by atoms with Crippen LogP contribution in [0.5, 0.6) is 0 Å². The molecular weight excluding hydrogens is 508 g/mol. The average Bonchev–Trinajstić information content (AvgIpc) is 3.40. The van der Waals surface area contributed by atoms with E-state index < -0.39 is 0 Å². The van der Waals surface area contributed by atoms with Gasteiger partial charge in [0.2, 0.25) is 0 Å². The van der Waals surface area contributed by atoms with E-state index in [4.69, 9.17) is 0 Å². The van der Waals surface area contributed by atoms with Crippen LogP contribution in [0, 0.1) is 0 Å². The fourth-order valence-corrected chi connectivity index (χ4v) is 6.02. The van der Waals surface area contributed by atoms with Gasteiger partial charge < -0.3 is 9.47 Å². The number of benzene rings is 6. The Morgan fingerprint density at radius 2 is 0.810 bits per heavy atom. The van der Waals surface area contributed by atoms with Gasteiger partial charge in [0.25, 0.3) is 0 Å². The highest BCUT2D eigenvalue weighted by molar-refractivity contribution is 6.09. The second kappa shape index (κ2) is 11.1. The second-order valence-corrected chi connectivity index (χ2v) is 10.8. The number of hydrogen-bond acceptors (Lipinski definition) is 1. The van der Waals surface area contributed by atoms with E-state index >= 15 is 0 Å². The van der Waals surface area contributed by atoms with Crippen molar-refractivity contribution in [2.24, 2.45) is 0 Å². The van der Waals surface area contributed by atoms with Crippen LogP contribution in [0.2, 0.25) is 0 Å². The molecule has 0 aliphatic heterocycles. The summed E-state index contributed by atoms with van der Waals surface area (Å²) < 4.78 is 2.36. The van der Waals surface area contributed by atoms with E-state index in [1.165, 1.54) is 61.1 Å². The van der Waals surface area contributed by atoms with Crippen LogP contribution >= 0.6 is 0 Å². The standard InChI is InChI=1S/C40H34N2/c1-3-29-13-21-33(22-14-29)41(34-23-15-30(4-2)16-24-34)35-25-17-31(18-26-35)32-19-27-36(28-20-32)42-39-11-7-5-9-37(39)38-10-6-8-12-40(38)42/h5-28H,3-4H2,1-2H3. The van der Waals surface area contributed by atoms with Crippen molar-refractivity contribution < 1.29 is 0 Å². The van der Waals surface area contributed by atoms with Crippen LogP contribution in [0.3, 0.4) is 0 Å². The molecule has 0 fully saturated rings. The van der Waals surface area contributed by atoms with Gasteiger partial charge in [0.15, 0.2) is 0 Å². The summed E-state index contributed by atoms with van der Waals surface area (Å²) in [6.07, 6.45) is 2.07. The minimum absolute atomic E-state index is 1.04. The van der Waals surface area contributed by atoms with Gasteiger partial charge in [-0.15, -0.1) is 0 Å². The van der Waals surface area contributed by atoms with Crippen molar-refractivity contribution in [3.05, 3.63) is 157 Å². The number of nitrogens with zero attached hydrogens (tertiary/aromatic N) is 2. The summed E-state index contributed by atoms with van der Waals surface area (Å²) >= 11 is 0. The van der Waals surface area contributed by atoms with E-state index in [-0.39, 0.29) is 0 Å². The molecule has 0 atom stereocenters. The Labute approximate surface area is 248 Å². The Balaban J connectivity index is 1.23. The molecule has 7 rings (SSSR count). The zero-order valence-corrected chi connectivity index (χ0v) is 24.2. The first kappa shape index (κ1) is 25.9. The molecule has 0 N–H and O–H groups in total. The average molecular weight is 543 g/mol. The fraction of sp³-hybridized carbons (Fsp3) is 0.100. The molecule has 0 radical (unpaired) electrons. The number of para-hydroxylation sites is 2. The molecule has 0 amide bonds. The second-order valence-electron chi connectivity index (χ2n) is 10.8. The highest BCUT2D eigenvalue weighted by Gasteiger charge is 2.14. The maximum Gasteiger partial charge on any atom is 0.0541 e. The lowest BCUT2D eigenvalue weighted by atomic mass is 10.0. The van der Waals surface area contributed by atoms with Gasteiger partial charge in [0, 0.05) is 33.5 Å². The first-order valence-corrected chi connectivity index (χ1v) is 14.9. The lowest BCUT2D eigenvalue weighted by Crippen LogP contribution is -2.10. The third-order valence-corrected chi connectivity index (χ3v) is 8.37. The number of hydrogen-bond donors (Lipinski definition) is 0. The molecule has 2 nitrogen and oxygen atoms in total. The Morgan fingerprint density at radius 3 is 1.24 bits per heavy atom. The largest absolute Gasteiger partial charge is 0.311 e. The van der Waals surface area contributed by atoms with E-state index in [1.807, 2.05) is 0 Å². The van der Waals surface area contributed by atoms with Crippen LogP contribution < -0.4 is 4.90 Å². The molecule has 6 aromatic carbocycles. The van der Waals surface area contributed by atoms with E-state index in [0.717, 1.165) is 18.5 Å². The van der Waals surface area contributed by atoms with Crippen LogP contribution in [0.15, 0.2) is 146 Å². The molecule has 1 heterocycles. The monoisotopic (exact) mass is 542 g/mol. The van der Waals surface area contributed by atoms with Crippen molar-refractivity contribution in [3.63, 3.8) is 0 Å². The summed E-state index contributed by atoms with van der Waals surface area (Å²) in [6.45, 7) is 4.40. The van der Waals surface area contributed by atoms with Crippen molar-refractivity contribution >= 4 is 38.9 Å². The van der Waals surface area contributed by atoms with E-state index in [0.29, 0.717) is 0 Å². The maximum atomic E-state index is 2.36. The molecule has 0 spiro atoms. The van der Waals surface area contributed by atoms with E-state index in [2.05, 4.69) is 169 Å². The predicted molar refractivity (Wildman–Crippen MR) is 180 cm³/mol. The molecule has 1 aromatic heterocycles. The van der Waals surface area contributed by atoms with Crippen molar-refractivity contribution in [2.75, 3.05) is 4.90 Å². The summed E-state index contributed by atoms with van der Waals surface area (Å²) in [5.74, 6) is 0. The molecule has 7 aromatic rings. The van der Waals surface area contributed by atoms with Crippen molar-refractivity contribution in [1.29, 1.82) is 0 Å². The molecule has 0 aliphatic rings. The Bertz CT molecular complexity index is 1860. The number of aryl methyl sites for hydroxylation is 2. The van der Waals surface area contributed by atoms with Crippen molar-refractivity contribution in [1.82, 2.24) is 4.57 Å². The van der Waals surface area contributed by atoms with Gasteiger partial charge in [0.1, 0.15) is 0 Å². The normalized spacial score (nSPS) is 11.3. The smallest absolute Gasteiger partial charge is 0.0541 e. The minimum atomic E-state index is 1.04. The van der Waals surface area contributed by atoms with Crippen LogP contribution in [-0.2, 0) is 12.8 Å². The molecule has 0 bridgehead atoms. The number of aromatic nitrogens is 1. The van der Waals surface area contributed by atoms with Crippen LogP contribution in [-0.4, -0.2) is 4.57 Å². The lowest BCUT2D eigenvalue weighted by molar-refractivity contribution is 1.13. The summed E-state index contributed by atoms with van der Waals surface area (Å²) in [6, 6.07) is 53.0. The highest BCUT2D eigenvalue weighted by Crippen LogP contribution is 2.37. The lowest BCUT2D eigenvalue weighted by Gasteiger charge is -2.26. The highest BCUT2D eigenvalue weighted by atomic mass is 15.1. The van der Waals surface area contributed by atoms with E-state index in [1.54, 1.807) is 0 Å². The van der Waals surface area contributed by atoms with Gasteiger partial charge in [-0.2, -0.15) is 0 Å². The van der Waals surface area contributed by atoms with Crippen LogP contribution in [0.1, 0.15) is 25.0 Å². The summed E-state index contributed by atoms with van der Waals surface area (Å²) in [7, 11) is 0. The third-order valence-electron chi connectivity index (χ3n) is 8.37. The molecule has 0 aliphatic carbocycles. The minimum Gasteiger partial charge on any atom is -0.311 e. The van der Waals surface area contributed by atoms with E-state index in [9.17, 15) is 0 Å². The molecule has 42 heavy (non-hydrogen) atoms. The number of fused-ring (bicyclic) bond motifs is 3. The zero-order valence-electron chi connectivity index (χ0n) is 24.2. The topological polar surface area (TPSA) is 8.17 Å². The molecule has 2 heteroatoms. The van der Waals surface area contributed by atoms with Gasteiger partial charge in [-0.25, -0.2) is 0 Å². The summed E-state index contributed by atoms with van der Waals surface area (Å²) in [5, 5.41) is 2.57. The first-order chi connectivity index (χ1) is 20.7. The van der Waals surface area contributed by atoms with Gasteiger partial charge in [0.05, 0.1) is 11.0 Å². The van der Waals surface area contributed by atoms with Gasteiger partial charge >= 0.3 is 0 Å². The molecule has 0 saturated carbocycles. The third kappa shape index (κ3) is 4.65. The number of anilines is 3. The Morgan fingerprint density at radius 1 is 0.429 bits per heavy atom. The first-order valence-electron chi connectivity index (χ1n) is 14.9. The van der Waals surface area contributed by atoms with Crippen molar-refractivity contribution in [3.8, 4) is 16.8 Å². The van der Waals surface area contributed by atoms with Gasteiger partial charge in [-0.05, 0) is 95.8 Å². The quantitative estimate of drug-likeness (QED) is 0.194. The Hall–Kier alpha value is -5.08. The Kier molecular flexibility index (Phi) is 6.81.